The molecule has 8 heterocycles. The lowest BCUT2D eigenvalue weighted by molar-refractivity contribution is -0.144. The van der Waals surface area contributed by atoms with Crippen LogP contribution in [0.2, 0.25) is 10.0 Å². The molecule has 1 amide bonds. The number of hydrogen-bond acceptors (Lipinski definition) is 18. The molecule has 8 aromatic heterocycles. The number of ether oxygens (including phenoxy) is 1. The fourth-order valence-corrected chi connectivity index (χ4v) is 11.8. The number of amides is 1. The molecule has 16 aromatic rings. The summed E-state index contributed by atoms with van der Waals surface area (Å²) in [6, 6.07) is 71.3. The number of carbonyl (C=O) groups excluding carboxylic acids is 2. The lowest BCUT2D eigenvalue weighted by atomic mass is 10.1. The number of esters is 1. The van der Waals surface area contributed by atoms with E-state index < -0.39 is 30.1 Å². The summed E-state index contributed by atoms with van der Waals surface area (Å²) in [5.74, 6) is -1.85. The first-order valence-electron chi connectivity index (χ1n) is 32.8. The smallest absolute Gasteiger partial charge is 0.303 e. The van der Waals surface area contributed by atoms with Gasteiger partial charge in [-0.05, 0) is 133 Å². The van der Waals surface area contributed by atoms with Gasteiger partial charge in [0.2, 0.25) is 11.9 Å². The van der Waals surface area contributed by atoms with Gasteiger partial charge in [0, 0.05) is 108 Å². The second kappa shape index (κ2) is 33.8. The maximum absolute atomic E-state index is 14.5. The van der Waals surface area contributed by atoms with Gasteiger partial charge in [-0.15, -0.1) is 0 Å². The SMILES string of the molecule is CC(=O)OCC(=O)Nc1cnccc1Nc1cc(-c2cc(Cl)ccc2F)nc2ccccc12.Fc1ccc(Br)cc1-c1cc(Nc2ccncc2)c2ccccc2n1.Nc1ncnc(Nc2cc(-c3cc(Cl)ccc3F)nc3ccccc23)n1.c1ccc(-c2cc(Nc3ccncc3)c3ccccc3n2)cc1. The highest BCUT2D eigenvalue weighted by Gasteiger charge is 2.18. The fraction of sp³-hybridized carbons (Fsp3) is 0.0244. The maximum atomic E-state index is 14.5. The Morgan fingerprint density at radius 3 is 1.34 bits per heavy atom. The van der Waals surface area contributed by atoms with Crippen LogP contribution >= 0.6 is 39.1 Å². The average molecular weight is 1520 g/mol. The van der Waals surface area contributed by atoms with Crippen LogP contribution in [-0.4, -0.2) is 68.3 Å². The third-order valence-electron chi connectivity index (χ3n) is 16.1. The number of rotatable bonds is 15. The summed E-state index contributed by atoms with van der Waals surface area (Å²) in [6.07, 6.45) is 11.3. The molecule has 0 unspecified atom stereocenters. The number of fused-ring (bicyclic) bond motifs is 4. The van der Waals surface area contributed by atoms with Gasteiger partial charge in [-0.3, -0.25) is 24.5 Å². The van der Waals surface area contributed by atoms with Gasteiger partial charge >= 0.3 is 5.97 Å². The van der Waals surface area contributed by atoms with Gasteiger partial charge in [-0.1, -0.05) is 142 Å². The van der Waals surface area contributed by atoms with Crippen molar-refractivity contribution in [3.63, 3.8) is 0 Å². The molecule has 0 fully saturated rings. The van der Waals surface area contributed by atoms with Crippen molar-refractivity contribution in [1.82, 2.24) is 49.8 Å². The predicted octanol–water partition coefficient (Wildman–Crippen LogP) is 20.5. The summed E-state index contributed by atoms with van der Waals surface area (Å²) in [5.41, 5.74) is 19.3. The highest BCUT2D eigenvalue weighted by Crippen LogP contribution is 2.38. The zero-order valence-electron chi connectivity index (χ0n) is 56.3. The van der Waals surface area contributed by atoms with Crippen LogP contribution in [0.5, 0.6) is 0 Å². The summed E-state index contributed by atoms with van der Waals surface area (Å²) < 4.78 is 48.7. The van der Waals surface area contributed by atoms with Crippen molar-refractivity contribution in [2.75, 3.05) is 38.9 Å². The molecule has 0 radical (unpaired) electrons. The monoisotopic (exact) mass is 1520 g/mol. The molecular weight excluding hydrogens is 1460 g/mol. The van der Waals surface area contributed by atoms with Crippen LogP contribution in [0, 0.1) is 17.5 Å². The highest BCUT2D eigenvalue weighted by atomic mass is 79.9. The summed E-state index contributed by atoms with van der Waals surface area (Å²) >= 11 is 15.5. The number of halogens is 6. The van der Waals surface area contributed by atoms with Gasteiger partial charge in [-0.25, -0.2) is 43.1 Å². The molecule has 0 aliphatic rings. The normalized spacial score (nSPS) is 10.7. The zero-order chi connectivity index (χ0) is 74.2. The summed E-state index contributed by atoms with van der Waals surface area (Å²) in [7, 11) is 0. The van der Waals surface area contributed by atoms with Gasteiger partial charge in [-0.2, -0.15) is 4.98 Å². The Labute approximate surface area is 628 Å². The molecule has 107 heavy (non-hydrogen) atoms. The van der Waals surface area contributed by atoms with E-state index in [1.54, 1.807) is 67.4 Å². The van der Waals surface area contributed by atoms with Crippen LogP contribution in [-0.2, 0) is 14.3 Å². The van der Waals surface area contributed by atoms with Crippen LogP contribution in [0.25, 0.3) is 88.6 Å². The van der Waals surface area contributed by atoms with E-state index in [1.165, 1.54) is 55.8 Å². The number of pyridine rings is 7. The van der Waals surface area contributed by atoms with Crippen molar-refractivity contribution in [3.05, 3.63) is 312 Å². The third-order valence-corrected chi connectivity index (χ3v) is 17.0. The largest absolute Gasteiger partial charge is 0.456 e. The minimum Gasteiger partial charge on any atom is -0.456 e. The van der Waals surface area contributed by atoms with E-state index in [-0.39, 0.29) is 23.3 Å². The van der Waals surface area contributed by atoms with Gasteiger partial charge in [0.25, 0.3) is 5.91 Å². The number of hydrogen-bond donors (Lipinski definition) is 6. The van der Waals surface area contributed by atoms with Crippen LogP contribution in [0.15, 0.2) is 285 Å². The number of nitrogens with zero attached hydrogens (tertiary/aromatic N) is 10. The van der Waals surface area contributed by atoms with Crippen molar-refractivity contribution in [2.45, 2.75) is 6.92 Å². The van der Waals surface area contributed by atoms with Gasteiger partial charge < -0.3 is 37.1 Å². The van der Waals surface area contributed by atoms with E-state index in [9.17, 15) is 22.8 Å². The van der Waals surface area contributed by atoms with Crippen molar-refractivity contribution in [2.24, 2.45) is 0 Å². The number of benzene rings is 8. The van der Waals surface area contributed by atoms with Crippen molar-refractivity contribution in [3.8, 4) is 45.0 Å². The number of nitrogens with two attached hydrogens (primary N) is 1. The molecule has 0 aliphatic carbocycles. The standard InChI is InChI=1S/C24H18ClFN4O3.C20H13BrFN3.C20H15N3.C18H12ClFN6/c1-14(31)33-13-24(32)30-23-12-27-9-8-20(23)29-21-11-22(17-10-15(25)6-7-18(17)26)28-19-5-3-2-4-16(19)21;21-13-5-6-17(22)16(11-13)20-12-19(24-14-7-9-23-10-8-14)15-3-1-2-4-18(15)25-20;1-2-6-15(7-3-1)19-14-20(22-16-10-12-21-13-11-16)17-8-4-5-9-18(17)23-19;19-10-5-6-13(20)12(7-10)16-8-15(11-3-1-2-4-14(11)24-16)25-18-23-9-22-17(21)26-18/h2-12H,13H2,1H3,(H,30,32)(H,27,28,29);1-12H,(H,23,24,25);1-14H,(H,21,22,23);1-9H,(H3,21,22,23,24,25,26). The second-order valence-electron chi connectivity index (χ2n) is 23.4. The van der Waals surface area contributed by atoms with Crippen molar-refractivity contribution in [1.29, 1.82) is 0 Å². The molecular formula is C82H58BrCl2F3N16O3. The van der Waals surface area contributed by atoms with Gasteiger partial charge in [0.1, 0.15) is 23.8 Å². The average Bonchev–Trinajstić information content (AvgIpc) is 0.804. The summed E-state index contributed by atoms with van der Waals surface area (Å²) in [5, 5.41) is 20.4. The Balaban J connectivity index is 0.000000127. The van der Waals surface area contributed by atoms with E-state index >= 15 is 0 Å². The van der Waals surface area contributed by atoms with Crippen molar-refractivity contribution < 1.29 is 27.5 Å². The van der Waals surface area contributed by atoms with E-state index in [4.69, 9.17) is 38.7 Å². The maximum Gasteiger partial charge on any atom is 0.303 e. The Morgan fingerprint density at radius 1 is 0.430 bits per heavy atom. The first-order chi connectivity index (χ1) is 52.1. The number of nitrogens with one attached hydrogen (secondary N) is 5. The Morgan fingerprint density at radius 2 is 0.850 bits per heavy atom. The van der Waals surface area contributed by atoms with Crippen LogP contribution in [0.1, 0.15) is 6.92 Å². The summed E-state index contributed by atoms with van der Waals surface area (Å²) in [4.78, 5) is 65.7. The predicted molar refractivity (Wildman–Crippen MR) is 422 cm³/mol. The minimum atomic E-state index is -0.557. The number of anilines is 10. The molecule has 0 atom stereocenters. The van der Waals surface area contributed by atoms with Crippen LogP contribution in [0.3, 0.4) is 0 Å². The molecule has 0 saturated carbocycles. The first kappa shape index (κ1) is 72.0. The van der Waals surface area contributed by atoms with E-state index in [2.05, 4.69) is 112 Å². The number of aromatic nitrogens is 10. The Hall–Kier alpha value is -13.4. The number of carbonyl (C=O) groups is 2. The third kappa shape index (κ3) is 18.4. The van der Waals surface area contributed by atoms with Crippen LogP contribution < -0.4 is 32.3 Å². The summed E-state index contributed by atoms with van der Waals surface area (Å²) in [6.45, 7) is 0.805. The quantitative estimate of drug-likeness (QED) is 0.0521. The molecule has 16 rings (SSSR count). The number of para-hydroxylation sites is 4. The Kier molecular flexibility index (Phi) is 22.8. The second-order valence-corrected chi connectivity index (χ2v) is 25.2. The molecule has 25 heteroatoms. The van der Waals surface area contributed by atoms with Gasteiger partial charge in [0.15, 0.2) is 6.61 Å². The lowest BCUT2D eigenvalue weighted by Crippen LogP contribution is -2.20. The van der Waals surface area contributed by atoms with Crippen LogP contribution in [0.4, 0.5) is 70.6 Å². The molecule has 0 saturated heterocycles. The number of nitrogen functional groups attached to an aromatic ring is 1. The molecule has 8 aromatic carbocycles. The molecule has 0 bridgehead atoms. The van der Waals surface area contributed by atoms with E-state index in [1.807, 2.05) is 140 Å². The topological polar surface area (TPSA) is 258 Å². The highest BCUT2D eigenvalue weighted by molar-refractivity contribution is 9.10. The molecule has 0 spiro atoms. The van der Waals surface area contributed by atoms with Gasteiger partial charge in [0.05, 0.1) is 85.2 Å². The molecule has 0 aliphatic heterocycles. The lowest BCUT2D eigenvalue weighted by Gasteiger charge is -2.15. The van der Waals surface area contributed by atoms with Crippen molar-refractivity contribution >= 4 is 152 Å². The molecule has 526 valence electrons. The minimum absolute atomic E-state index is 0.0990. The van der Waals surface area contributed by atoms with E-state index in [0.717, 1.165) is 71.1 Å². The molecule has 7 N–H and O–H groups in total. The van der Waals surface area contributed by atoms with E-state index in [0.29, 0.717) is 72.0 Å². The fourth-order valence-electron chi connectivity index (χ4n) is 11.1. The Bertz CT molecular complexity index is 5910. The zero-order valence-corrected chi connectivity index (χ0v) is 59.4. The first-order valence-corrected chi connectivity index (χ1v) is 34.4. The molecule has 19 nitrogen and oxygen atoms in total.